The molecule has 0 radical (unpaired) electrons. The topological polar surface area (TPSA) is 49.4 Å². The Hall–Kier alpha value is -2.69. The lowest BCUT2D eigenvalue weighted by atomic mass is 9.97. The molecule has 212 valence electrons. The van der Waals surface area contributed by atoms with E-state index in [-0.39, 0.29) is 17.5 Å². The van der Waals surface area contributed by atoms with Crippen molar-refractivity contribution in [2.45, 2.75) is 106 Å². The molecule has 1 unspecified atom stereocenters. The predicted octanol–water partition coefficient (Wildman–Crippen LogP) is 8.55. The number of halogens is 1. The van der Waals surface area contributed by atoms with Crippen LogP contribution in [0.4, 0.5) is 10.1 Å². The minimum Gasteiger partial charge on any atom is -0.369 e. The Bertz CT molecular complexity index is 998. The number of benzene rings is 2. The molecule has 1 saturated heterocycles. The molecule has 5 heteroatoms. The molecule has 1 saturated carbocycles. The summed E-state index contributed by atoms with van der Waals surface area (Å²) < 4.78 is 13.6. The van der Waals surface area contributed by atoms with Gasteiger partial charge >= 0.3 is 0 Å². The number of nitrogens with zero attached hydrogens (tertiary/aromatic N) is 1. The third-order valence-corrected chi connectivity index (χ3v) is 6.82. The zero-order chi connectivity index (χ0) is 28.7. The minimum atomic E-state index is -0.0842. The Labute approximate surface area is 231 Å². The molecule has 38 heavy (non-hydrogen) atoms. The number of carbonyl (C=O) groups excluding carboxylic acids is 2. The first-order valence-corrected chi connectivity index (χ1v) is 14.7. The van der Waals surface area contributed by atoms with Gasteiger partial charge in [0.25, 0.3) is 5.91 Å². The molecule has 0 aromatic heterocycles. The largest absolute Gasteiger partial charge is 0.369 e. The second-order valence-electron chi connectivity index (χ2n) is 9.93. The number of hydrogen-bond donors (Lipinski definition) is 1. The van der Waals surface area contributed by atoms with Crippen LogP contribution >= 0.6 is 0 Å². The first kappa shape index (κ1) is 33.3. The van der Waals surface area contributed by atoms with E-state index in [1.165, 1.54) is 19.3 Å². The van der Waals surface area contributed by atoms with Crippen LogP contribution in [0.3, 0.4) is 0 Å². The van der Waals surface area contributed by atoms with Crippen LogP contribution in [0.2, 0.25) is 0 Å². The van der Waals surface area contributed by atoms with E-state index in [2.05, 4.69) is 24.1 Å². The SMILES string of the molecule is CC.CC.CCCc1cc(C(=O)NC2CCCC2)ccc1C(C)=O.Cc1ccc(N2CCC(C)C2)c(F)c1. The number of hydrogen-bond acceptors (Lipinski definition) is 3. The Morgan fingerprint density at radius 2 is 1.66 bits per heavy atom. The van der Waals surface area contributed by atoms with E-state index in [0.717, 1.165) is 61.2 Å². The molecule has 1 N–H and O–H groups in total. The number of carbonyl (C=O) groups is 2. The van der Waals surface area contributed by atoms with Crippen LogP contribution in [0.1, 0.15) is 119 Å². The van der Waals surface area contributed by atoms with E-state index < -0.39 is 0 Å². The number of rotatable bonds is 6. The first-order valence-electron chi connectivity index (χ1n) is 14.7. The fourth-order valence-electron chi connectivity index (χ4n) is 4.92. The Kier molecular flexibility index (Phi) is 15.6. The molecule has 1 heterocycles. The van der Waals surface area contributed by atoms with Crippen LogP contribution in [-0.2, 0) is 6.42 Å². The molecular formula is C33H51FN2O2. The van der Waals surface area contributed by atoms with E-state index in [9.17, 15) is 14.0 Å². The predicted molar refractivity (Wildman–Crippen MR) is 160 cm³/mol. The number of anilines is 1. The number of aryl methyl sites for hydroxylation is 2. The Morgan fingerprint density at radius 3 is 2.18 bits per heavy atom. The van der Waals surface area contributed by atoms with Crippen molar-refractivity contribution >= 4 is 17.4 Å². The quantitative estimate of drug-likeness (QED) is 0.384. The van der Waals surface area contributed by atoms with Crippen molar-refractivity contribution in [3.05, 3.63) is 64.5 Å². The lowest BCUT2D eigenvalue weighted by Crippen LogP contribution is -2.32. The van der Waals surface area contributed by atoms with Crippen molar-refractivity contribution in [1.82, 2.24) is 5.32 Å². The van der Waals surface area contributed by atoms with Gasteiger partial charge in [-0.2, -0.15) is 0 Å². The first-order chi connectivity index (χ1) is 18.3. The van der Waals surface area contributed by atoms with Crippen molar-refractivity contribution in [3.63, 3.8) is 0 Å². The summed E-state index contributed by atoms with van der Waals surface area (Å²) in [5.41, 5.74) is 4.15. The van der Waals surface area contributed by atoms with E-state index in [1.807, 2.05) is 52.8 Å². The molecule has 2 aliphatic rings. The zero-order valence-electron chi connectivity index (χ0n) is 25.1. The van der Waals surface area contributed by atoms with Crippen LogP contribution in [0.15, 0.2) is 36.4 Å². The summed E-state index contributed by atoms with van der Waals surface area (Å²) in [6, 6.07) is 11.2. The monoisotopic (exact) mass is 526 g/mol. The maximum Gasteiger partial charge on any atom is 0.251 e. The normalized spacial score (nSPS) is 16.3. The molecule has 1 aliphatic carbocycles. The molecule has 2 fully saturated rings. The maximum absolute atomic E-state index is 13.6. The van der Waals surface area contributed by atoms with Gasteiger partial charge in [0, 0.05) is 30.3 Å². The molecule has 0 spiro atoms. The van der Waals surface area contributed by atoms with Crippen LogP contribution in [0.5, 0.6) is 0 Å². The van der Waals surface area contributed by atoms with E-state index in [0.29, 0.717) is 17.5 Å². The fourth-order valence-corrected chi connectivity index (χ4v) is 4.92. The summed E-state index contributed by atoms with van der Waals surface area (Å²) >= 11 is 0. The van der Waals surface area contributed by atoms with Crippen molar-refractivity contribution in [2.24, 2.45) is 5.92 Å². The summed E-state index contributed by atoms with van der Waals surface area (Å²) in [5.74, 6) is 0.662. The van der Waals surface area contributed by atoms with Crippen molar-refractivity contribution < 1.29 is 14.0 Å². The Morgan fingerprint density at radius 1 is 1.00 bits per heavy atom. The molecular weight excluding hydrogens is 475 g/mol. The highest BCUT2D eigenvalue weighted by Gasteiger charge is 2.21. The van der Waals surface area contributed by atoms with Gasteiger partial charge in [0.1, 0.15) is 5.82 Å². The molecule has 1 amide bonds. The summed E-state index contributed by atoms with van der Waals surface area (Å²) in [4.78, 5) is 26.0. The lowest BCUT2D eigenvalue weighted by molar-refractivity contribution is 0.0935. The molecule has 4 nitrogen and oxygen atoms in total. The second-order valence-corrected chi connectivity index (χ2v) is 9.93. The fraction of sp³-hybridized carbons (Fsp3) is 0.576. The molecule has 2 aromatic carbocycles. The highest BCUT2D eigenvalue weighted by molar-refractivity contribution is 5.99. The summed E-state index contributed by atoms with van der Waals surface area (Å²) in [6.45, 7) is 17.8. The molecule has 1 aliphatic heterocycles. The van der Waals surface area contributed by atoms with Gasteiger partial charge < -0.3 is 10.2 Å². The number of ketones is 1. The molecule has 1 atom stereocenters. The van der Waals surface area contributed by atoms with Crippen molar-refractivity contribution in [2.75, 3.05) is 18.0 Å². The highest BCUT2D eigenvalue weighted by Crippen LogP contribution is 2.26. The number of Topliss-reactive ketones (excluding diaryl/α,β-unsaturated/α-hetero) is 1. The van der Waals surface area contributed by atoms with Crippen molar-refractivity contribution in [3.8, 4) is 0 Å². The van der Waals surface area contributed by atoms with Crippen LogP contribution in [0.25, 0.3) is 0 Å². The van der Waals surface area contributed by atoms with Gasteiger partial charge in [-0.25, -0.2) is 4.39 Å². The summed E-state index contributed by atoms with van der Waals surface area (Å²) in [7, 11) is 0. The van der Waals surface area contributed by atoms with Gasteiger partial charge in [0.05, 0.1) is 5.69 Å². The van der Waals surface area contributed by atoms with Gasteiger partial charge in [0.15, 0.2) is 5.78 Å². The standard InChI is InChI=1S/C17H23NO2.C12H16FN.2C2H6/c1-3-6-13-11-14(9-10-16(13)12(2)19)17(20)18-15-7-4-5-8-15;1-9-3-4-12(11(13)7-9)14-6-5-10(2)8-14;2*1-2/h9-11,15H,3-8H2,1-2H3,(H,18,20);3-4,7,10H,5-6,8H2,1-2H3;2*1-2H3. The van der Waals surface area contributed by atoms with E-state index >= 15 is 0 Å². The van der Waals surface area contributed by atoms with Crippen LogP contribution < -0.4 is 10.2 Å². The summed E-state index contributed by atoms with van der Waals surface area (Å²) in [6.07, 6.45) is 7.55. The average molecular weight is 527 g/mol. The van der Waals surface area contributed by atoms with Gasteiger partial charge in [-0.15, -0.1) is 0 Å². The number of nitrogens with one attached hydrogen (secondary N) is 1. The van der Waals surface area contributed by atoms with Gasteiger partial charge in [-0.05, 0) is 80.8 Å². The van der Waals surface area contributed by atoms with Gasteiger partial charge in [0.2, 0.25) is 0 Å². The Balaban J connectivity index is 0.000000351. The van der Waals surface area contributed by atoms with Gasteiger partial charge in [-0.1, -0.05) is 72.9 Å². The smallest absolute Gasteiger partial charge is 0.251 e. The van der Waals surface area contributed by atoms with Crippen LogP contribution in [-0.4, -0.2) is 30.8 Å². The summed E-state index contributed by atoms with van der Waals surface area (Å²) in [5, 5.41) is 3.09. The molecule has 4 rings (SSSR count). The third kappa shape index (κ3) is 10.2. The van der Waals surface area contributed by atoms with Crippen LogP contribution in [0, 0.1) is 18.7 Å². The zero-order valence-corrected chi connectivity index (χ0v) is 25.1. The second kappa shape index (κ2) is 17.8. The maximum atomic E-state index is 13.6. The van der Waals surface area contributed by atoms with Crippen molar-refractivity contribution in [1.29, 1.82) is 0 Å². The minimum absolute atomic E-state index is 0.00986. The highest BCUT2D eigenvalue weighted by atomic mass is 19.1. The van der Waals surface area contributed by atoms with E-state index in [1.54, 1.807) is 25.1 Å². The van der Waals surface area contributed by atoms with Gasteiger partial charge in [-0.3, -0.25) is 9.59 Å². The average Bonchev–Trinajstić information content (AvgIpc) is 3.58. The lowest BCUT2D eigenvalue weighted by Gasteiger charge is -2.18. The third-order valence-electron chi connectivity index (χ3n) is 6.82. The molecule has 2 aromatic rings. The van der Waals surface area contributed by atoms with E-state index in [4.69, 9.17) is 0 Å². The molecule has 0 bridgehead atoms. The number of amides is 1.